The minimum Gasteiger partial charge on any atom is -0.368 e. The van der Waals surface area contributed by atoms with Gasteiger partial charge in [-0.15, -0.1) is 11.6 Å². The van der Waals surface area contributed by atoms with Crippen molar-refractivity contribution in [2.75, 3.05) is 5.88 Å². The molecule has 0 aliphatic carbocycles. The first kappa shape index (κ1) is 9.31. The summed E-state index contributed by atoms with van der Waals surface area (Å²) in [7, 11) is 0. The van der Waals surface area contributed by atoms with Crippen LogP contribution >= 0.6 is 11.6 Å². The Morgan fingerprint density at radius 2 is 1.50 bits per heavy atom. The molecule has 10 heavy (non-hydrogen) atoms. The minimum atomic E-state index is 0.722. The second-order valence-corrected chi connectivity index (χ2v) is 2.07. The van der Waals surface area contributed by atoms with E-state index in [0.29, 0.717) is 0 Å². The van der Waals surface area contributed by atoms with Gasteiger partial charge in [0.25, 0.3) is 0 Å². The van der Waals surface area contributed by atoms with Gasteiger partial charge in [-0.2, -0.15) is 0 Å². The maximum absolute atomic E-state index is 5.00. The van der Waals surface area contributed by atoms with Gasteiger partial charge in [0.05, 0.1) is 0 Å². The average Bonchev–Trinajstić information content (AvgIpc) is 2.17. The molecule has 0 fully saturated rings. The molecule has 0 unspecified atom stereocenters. The van der Waals surface area contributed by atoms with Crippen LogP contribution in [0.4, 0.5) is 0 Å². The lowest BCUT2D eigenvalue weighted by molar-refractivity contribution is 1.20. The molecule has 0 aromatic rings. The van der Waals surface area contributed by atoms with Crippen molar-refractivity contribution < 1.29 is 0 Å². The van der Waals surface area contributed by atoms with Gasteiger partial charge in [0.2, 0.25) is 0 Å². The highest BCUT2D eigenvalue weighted by Crippen LogP contribution is 1.81. The van der Waals surface area contributed by atoms with E-state index in [1.165, 1.54) is 0 Å². The molecule has 0 aromatic heterocycles. The lowest BCUT2D eigenvalue weighted by atomic mass is 10.5. The van der Waals surface area contributed by atoms with Crippen molar-refractivity contribution in [3.05, 3.63) is 36.7 Å². The van der Waals surface area contributed by atoms with Gasteiger partial charge in [0.15, 0.2) is 0 Å². The molecule has 1 heterocycles. The molecule has 0 spiro atoms. The van der Waals surface area contributed by atoms with Crippen LogP contribution in [0.5, 0.6) is 0 Å². The molecule has 0 amide bonds. The van der Waals surface area contributed by atoms with Gasteiger partial charge in [-0.25, -0.2) is 0 Å². The van der Waals surface area contributed by atoms with Crippen LogP contribution < -0.4 is 5.32 Å². The van der Waals surface area contributed by atoms with E-state index in [4.69, 9.17) is 11.6 Å². The predicted molar refractivity (Wildman–Crippen MR) is 46.9 cm³/mol. The fraction of sp³-hybridized carbons (Fsp3) is 0.250. The van der Waals surface area contributed by atoms with Gasteiger partial charge in [0.1, 0.15) is 0 Å². The predicted octanol–water partition coefficient (Wildman–Crippen LogP) is 2.42. The van der Waals surface area contributed by atoms with Gasteiger partial charge < -0.3 is 5.32 Å². The van der Waals surface area contributed by atoms with Crippen LogP contribution in [0.25, 0.3) is 0 Å². The molecule has 0 aromatic carbocycles. The first-order valence-corrected chi connectivity index (χ1v) is 3.75. The Kier molecular flexibility index (Phi) is 7.74. The van der Waals surface area contributed by atoms with Crippen molar-refractivity contribution in [1.82, 2.24) is 5.32 Å². The largest absolute Gasteiger partial charge is 0.368 e. The van der Waals surface area contributed by atoms with E-state index >= 15 is 0 Å². The zero-order chi connectivity index (χ0) is 7.66. The van der Waals surface area contributed by atoms with Gasteiger partial charge >= 0.3 is 0 Å². The van der Waals surface area contributed by atoms with Crippen LogP contribution in [0.1, 0.15) is 6.92 Å². The SMILES string of the molecule is C1=CC=CNC=C1.CCCl. The van der Waals surface area contributed by atoms with E-state index in [9.17, 15) is 0 Å². The van der Waals surface area contributed by atoms with Crippen LogP contribution in [0, 0.1) is 0 Å². The summed E-state index contributed by atoms with van der Waals surface area (Å²) >= 11 is 5.00. The van der Waals surface area contributed by atoms with Gasteiger partial charge in [-0.3, -0.25) is 0 Å². The number of nitrogens with one attached hydrogen (secondary N) is 1. The number of alkyl halides is 1. The van der Waals surface area contributed by atoms with Crippen LogP contribution in [0.3, 0.4) is 0 Å². The molecular formula is C8H12ClN. The van der Waals surface area contributed by atoms with Crippen molar-refractivity contribution in [2.45, 2.75) is 6.92 Å². The third-order valence-corrected chi connectivity index (χ3v) is 0.718. The summed E-state index contributed by atoms with van der Waals surface area (Å²) in [5.41, 5.74) is 0. The van der Waals surface area contributed by atoms with Crippen molar-refractivity contribution >= 4 is 11.6 Å². The summed E-state index contributed by atoms with van der Waals surface area (Å²) in [4.78, 5) is 0. The normalized spacial score (nSPS) is 13.0. The Labute approximate surface area is 67.1 Å². The zero-order valence-corrected chi connectivity index (χ0v) is 6.81. The molecule has 0 bridgehead atoms. The lowest BCUT2D eigenvalue weighted by Crippen LogP contribution is -1.87. The monoisotopic (exact) mass is 157 g/mol. The Balaban J connectivity index is 0.000000236. The molecule has 1 nitrogen and oxygen atoms in total. The van der Waals surface area contributed by atoms with Gasteiger partial charge in [0, 0.05) is 18.3 Å². The smallest absolute Gasteiger partial charge is 0.0195 e. The molecule has 1 aliphatic rings. The standard InChI is InChI=1S/C6H7N.C2H5Cl/c1-2-4-6-7-5-3-1;1-2-3/h1-7H;2H2,1H3. The number of allylic oxidation sites excluding steroid dienone is 4. The summed E-state index contributed by atoms with van der Waals surface area (Å²) in [6.45, 7) is 1.89. The summed E-state index contributed by atoms with van der Waals surface area (Å²) in [5.74, 6) is 0.722. The Morgan fingerprint density at radius 1 is 1.10 bits per heavy atom. The highest BCUT2D eigenvalue weighted by atomic mass is 35.5. The number of hydrogen-bond donors (Lipinski definition) is 1. The first-order chi connectivity index (χ1) is 4.91. The van der Waals surface area contributed by atoms with E-state index in [2.05, 4.69) is 5.32 Å². The van der Waals surface area contributed by atoms with E-state index in [1.54, 1.807) is 0 Å². The average molecular weight is 158 g/mol. The maximum Gasteiger partial charge on any atom is 0.0195 e. The van der Waals surface area contributed by atoms with Gasteiger partial charge in [-0.1, -0.05) is 19.1 Å². The third-order valence-electron chi connectivity index (χ3n) is 0.718. The number of halogens is 1. The quantitative estimate of drug-likeness (QED) is 0.533. The highest BCUT2D eigenvalue weighted by molar-refractivity contribution is 6.17. The van der Waals surface area contributed by atoms with Crippen molar-refractivity contribution in [3.8, 4) is 0 Å². The van der Waals surface area contributed by atoms with E-state index in [0.717, 1.165) is 5.88 Å². The van der Waals surface area contributed by atoms with Crippen LogP contribution in [-0.2, 0) is 0 Å². The second kappa shape index (κ2) is 8.31. The first-order valence-electron chi connectivity index (χ1n) is 3.22. The zero-order valence-electron chi connectivity index (χ0n) is 6.05. The van der Waals surface area contributed by atoms with Crippen LogP contribution in [0.15, 0.2) is 36.7 Å². The van der Waals surface area contributed by atoms with Crippen LogP contribution in [-0.4, -0.2) is 5.88 Å². The molecule has 2 heteroatoms. The van der Waals surface area contributed by atoms with Crippen molar-refractivity contribution in [1.29, 1.82) is 0 Å². The summed E-state index contributed by atoms with van der Waals surface area (Å²) in [6, 6.07) is 0. The Morgan fingerprint density at radius 3 is 1.90 bits per heavy atom. The fourth-order valence-electron chi connectivity index (χ4n) is 0.406. The fourth-order valence-corrected chi connectivity index (χ4v) is 0.406. The minimum absolute atomic E-state index is 0.722. The van der Waals surface area contributed by atoms with Gasteiger partial charge in [-0.05, 0) is 12.2 Å². The topological polar surface area (TPSA) is 12.0 Å². The van der Waals surface area contributed by atoms with E-state index < -0.39 is 0 Å². The van der Waals surface area contributed by atoms with Crippen molar-refractivity contribution in [3.63, 3.8) is 0 Å². The number of rotatable bonds is 0. The highest BCUT2D eigenvalue weighted by Gasteiger charge is 1.67. The van der Waals surface area contributed by atoms with E-state index in [1.807, 2.05) is 43.6 Å². The van der Waals surface area contributed by atoms with Crippen molar-refractivity contribution in [2.24, 2.45) is 0 Å². The number of hydrogen-bond acceptors (Lipinski definition) is 1. The molecule has 1 aliphatic heterocycles. The lowest BCUT2D eigenvalue weighted by Gasteiger charge is -1.79. The summed E-state index contributed by atoms with van der Waals surface area (Å²) in [5, 5.41) is 2.92. The molecule has 0 radical (unpaired) electrons. The Hall–Kier alpha value is -0.690. The van der Waals surface area contributed by atoms with E-state index in [-0.39, 0.29) is 0 Å². The molecule has 1 rings (SSSR count). The summed E-state index contributed by atoms with van der Waals surface area (Å²) in [6.07, 6.45) is 11.6. The van der Waals surface area contributed by atoms with Crippen LogP contribution in [0.2, 0.25) is 0 Å². The molecule has 1 N–H and O–H groups in total. The molecular weight excluding hydrogens is 146 g/mol. The summed E-state index contributed by atoms with van der Waals surface area (Å²) < 4.78 is 0. The maximum atomic E-state index is 5.00. The molecule has 56 valence electrons. The molecule has 0 atom stereocenters. The third kappa shape index (κ3) is 7.31. The Bertz CT molecular complexity index is 122. The second-order valence-electron chi connectivity index (χ2n) is 1.54. The molecule has 0 saturated heterocycles. The molecule has 0 saturated carbocycles.